The lowest BCUT2D eigenvalue weighted by Crippen LogP contribution is -2.23. The number of aryl methyl sites for hydroxylation is 1. The molecule has 0 saturated carbocycles. The second kappa shape index (κ2) is 7.41. The number of carbonyl (C=O) groups is 1. The summed E-state index contributed by atoms with van der Waals surface area (Å²) < 4.78 is 5.75. The summed E-state index contributed by atoms with van der Waals surface area (Å²) in [6.45, 7) is 4.26. The Morgan fingerprint density at radius 1 is 1.27 bits per heavy atom. The Balaban J connectivity index is 1.93. The van der Waals surface area contributed by atoms with Gasteiger partial charge in [0.1, 0.15) is 18.4 Å². The molecule has 0 aromatic heterocycles. The minimum atomic E-state index is -0.516. The molecule has 0 radical (unpaired) electrons. The fourth-order valence-corrected chi connectivity index (χ4v) is 1.89. The molecule has 2 aromatic carbocycles. The molecule has 4 nitrogen and oxygen atoms in total. The number of hydrogen-bond acceptors (Lipinski definition) is 3. The molecule has 0 heterocycles. The Hall–Kier alpha value is -2.62. The molecule has 0 aliphatic carbocycles. The van der Waals surface area contributed by atoms with E-state index >= 15 is 0 Å². The Labute approximate surface area is 130 Å². The zero-order chi connectivity index (χ0) is 15.9. The maximum Gasteiger partial charge on any atom is 0.241 e. The van der Waals surface area contributed by atoms with Crippen LogP contribution in [0.2, 0.25) is 0 Å². The van der Waals surface area contributed by atoms with Gasteiger partial charge in [0.2, 0.25) is 5.91 Å². The van der Waals surface area contributed by atoms with Crippen molar-refractivity contribution >= 4 is 12.1 Å². The minimum Gasteiger partial charge on any atom is -0.489 e. The summed E-state index contributed by atoms with van der Waals surface area (Å²) in [5.74, 6) is 0.357. The van der Waals surface area contributed by atoms with Crippen molar-refractivity contribution in [2.75, 3.05) is 0 Å². The van der Waals surface area contributed by atoms with E-state index < -0.39 is 11.9 Å². The molecule has 4 heteroatoms. The highest BCUT2D eigenvalue weighted by Crippen LogP contribution is 2.14. The van der Waals surface area contributed by atoms with E-state index in [1.165, 1.54) is 5.56 Å². The van der Waals surface area contributed by atoms with Crippen molar-refractivity contribution in [3.63, 3.8) is 0 Å². The number of benzene rings is 2. The highest BCUT2D eigenvalue weighted by molar-refractivity contribution is 5.85. The molecule has 0 bridgehead atoms. The third-order valence-corrected chi connectivity index (χ3v) is 3.23. The number of nitrogens with zero attached hydrogens (tertiary/aromatic N) is 1. The van der Waals surface area contributed by atoms with Crippen LogP contribution in [-0.4, -0.2) is 18.2 Å². The van der Waals surface area contributed by atoms with Gasteiger partial charge in [0, 0.05) is 6.21 Å². The number of primary amides is 1. The molecule has 1 atom stereocenters. The maximum absolute atomic E-state index is 10.9. The highest BCUT2D eigenvalue weighted by atomic mass is 16.5. The predicted octanol–water partition coefficient (Wildman–Crippen LogP) is 2.87. The molecule has 0 unspecified atom stereocenters. The van der Waals surface area contributed by atoms with Crippen LogP contribution in [0, 0.1) is 6.92 Å². The van der Waals surface area contributed by atoms with Gasteiger partial charge in [-0.25, -0.2) is 0 Å². The monoisotopic (exact) mass is 296 g/mol. The largest absolute Gasteiger partial charge is 0.489 e. The second-order valence-corrected chi connectivity index (χ2v) is 5.20. The van der Waals surface area contributed by atoms with Crippen LogP contribution in [0.4, 0.5) is 0 Å². The quantitative estimate of drug-likeness (QED) is 0.833. The number of rotatable bonds is 6. The van der Waals surface area contributed by atoms with E-state index in [2.05, 4.69) is 24.0 Å². The number of nitrogens with two attached hydrogens (primary N) is 1. The van der Waals surface area contributed by atoms with E-state index in [1.54, 1.807) is 13.1 Å². The zero-order valence-electron chi connectivity index (χ0n) is 12.8. The first kappa shape index (κ1) is 15.8. The van der Waals surface area contributed by atoms with E-state index in [4.69, 9.17) is 10.5 Å². The topological polar surface area (TPSA) is 64.7 Å². The first-order chi connectivity index (χ1) is 10.5. The fraction of sp³-hybridized carbons (Fsp3) is 0.222. The summed E-state index contributed by atoms with van der Waals surface area (Å²) in [6, 6.07) is 15.3. The van der Waals surface area contributed by atoms with Gasteiger partial charge in [-0.3, -0.25) is 9.79 Å². The third-order valence-electron chi connectivity index (χ3n) is 3.23. The van der Waals surface area contributed by atoms with E-state index in [1.807, 2.05) is 36.4 Å². The van der Waals surface area contributed by atoms with Crippen molar-refractivity contribution in [3.8, 4) is 5.75 Å². The van der Waals surface area contributed by atoms with Gasteiger partial charge in [-0.05, 0) is 49.2 Å². The molecule has 0 fully saturated rings. The van der Waals surface area contributed by atoms with Crippen LogP contribution >= 0.6 is 0 Å². The average Bonchev–Trinajstić information content (AvgIpc) is 2.51. The maximum atomic E-state index is 10.9. The predicted molar refractivity (Wildman–Crippen MR) is 88.2 cm³/mol. The standard InChI is InChI=1S/C18H20N2O2/c1-13-4-3-5-16(10-13)12-22-17-8-6-15(7-9-17)11-20-14(2)18(19)21/h3-11,14H,12H2,1-2H3,(H2,19,21)/b20-11+/t14-/m0/s1. The molecular weight excluding hydrogens is 276 g/mol. The third kappa shape index (κ3) is 4.74. The van der Waals surface area contributed by atoms with Gasteiger partial charge < -0.3 is 10.5 Å². The Kier molecular flexibility index (Phi) is 5.31. The molecule has 1 amide bonds. The average molecular weight is 296 g/mol. The van der Waals surface area contributed by atoms with Crippen LogP contribution in [0.5, 0.6) is 5.75 Å². The fourth-order valence-electron chi connectivity index (χ4n) is 1.89. The molecule has 22 heavy (non-hydrogen) atoms. The molecule has 2 rings (SSSR count). The Bertz CT molecular complexity index is 663. The van der Waals surface area contributed by atoms with E-state index in [-0.39, 0.29) is 0 Å². The number of ether oxygens (including phenoxy) is 1. The number of amides is 1. The normalized spacial score (nSPS) is 12.3. The van der Waals surface area contributed by atoms with Crippen molar-refractivity contribution in [2.24, 2.45) is 10.7 Å². The summed E-state index contributed by atoms with van der Waals surface area (Å²) in [4.78, 5) is 15.0. The number of hydrogen-bond donors (Lipinski definition) is 1. The van der Waals surface area contributed by atoms with Crippen LogP contribution in [0.3, 0.4) is 0 Å². The molecule has 0 saturated heterocycles. The molecule has 0 spiro atoms. The van der Waals surface area contributed by atoms with Gasteiger partial charge in [-0.1, -0.05) is 29.8 Å². The molecule has 2 aromatic rings. The Morgan fingerprint density at radius 3 is 2.64 bits per heavy atom. The summed E-state index contributed by atoms with van der Waals surface area (Å²) in [5, 5.41) is 0. The summed E-state index contributed by atoms with van der Waals surface area (Å²) in [6.07, 6.45) is 1.64. The SMILES string of the molecule is Cc1cccc(COc2ccc(/C=N/[C@@H](C)C(N)=O)cc2)c1. The first-order valence-electron chi connectivity index (χ1n) is 7.15. The van der Waals surface area contributed by atoms with Crippen molar-refractivity contribution in [1.29, 1.82) is 0 Å². The number of carbonyl (C=O) groups excluding carboxylic acids is 1. The summed E-state index contributed by atoms with van der Waals surface area (Å²) >= 11 is 0. The van der Waals surface area contributed by atoms with Gasteiger partial charge in [-0.2, -0.15) is 0 Å². The van der Waals surface area contributed by atoms with Gasteiger partial charge in [0.15, 0.2) is 0 Å². The van der Waals surface area contributed by atoms with E-state index in [0.29, 0.717) is 6.61 Å². The summed E-state index contributed by atoms with van der Waals surface area (Å²) in [7, 11) is 0. The van der Waals surface area contributed by atoms with Crippen molar-refractivity contribution in [1.82, 2.24) is 0 Å². The minimum absolute atomic E-state index is 0.436. The molecule has 0 aliphatic heterocycles. The van der Waals surface area contributed by atoms with Gasteiger partial charge >= 0.3 is 0 Å². The van der Waals surface area contributed by atoms with Crippen LogP contribution < -0.4 is 10.5 Å². The second-order valence-electron chi connectivity index (χ2n) is 5.20. The lowest BCUT2D eigenvalue weighted by atomic mass is 10.1. The first-order valence-corrected chi connectivity index (χ1v) is 7.15. The van der Waals surface area contributed by atoms with Crippen LogP contribution in [-0.2, 0) is 11.4 Å². The van der Waals surface area contributed by atoms with Crippen LogP contribution in [0.25, 0.3) is 0 Å². The zero-order valence-corrected chi connectivity index (χ0v) is 12.8. The molecule has 0 aliphatic rings. The number of aliphatic imine (C=N–C) groups is 1. The lowest BCUT2D eigenvalue weighted by Gasteiger charge is -2.07. The van der Waals surface area contributed by atoms with Crippen LogP contribution in [0.1, 0.15) is 23.6 Å². The van der Waals surface area contributed by atoms with Gasteiger partial charge in [0.25, 0.3) is 0 Å². The van der Waals surface area contributed by atoms with Gasteiger partial charge in [-0.15, -0.1) is 0 Å². The van der Waals surface area contributed by atoms with E-state index in [0.717, 1.165) is 16.9 Å². The summed E-state index contributed by atoms with van der Waals surface area (Å²) in [5.41, 5.74) is 8.41. The van der Waals surface area contributed by atoms with E-state index in [9.17, 15) is 4.79 Å². The lowest BCUT2D eigenvalue weighted by molar-refractivity contribution is -0.118. The van der Waals surface area contributed by atoms with Crippen molar-refractivity contribution in [2.45, 2.75) is 26.5 Å². The molecular formula is C18H20N2O2. The highest BCUT2D eigenvalue weighted by Gasteiger charge is 2.03. The smallest absolute Gasteiger partial charge is 0.241 e. The van der Waals surface area contributed by atoms with Crippen molar-refractivity contribution in [3.05, 3.63) is 65.2 Å². The van der Waals surface area contributed by atoms with Crippen molar-refractivity contribution < 1.29 is 9.53 Å². The van der Waals surface area contributed by atoms with Crippen LogP contribution in [0.15, 0.2) is 53.5 Å². The Morgan fingerprint density at radius 2 is 2.00 bits per heavy atom. The molecule has 114 valence electrons. The molecule has 2 N–H and O–H groups in total. The van der Waals surface area contributed by atoms with Gasteiger partial charge in [0.05, 0.1) is 0 Å².